The van der Waals surface area contributed by atoms with Crippen molar-refractivity contribution < 1.29 is 9.53 Å². The van der Waals surface area contributed by atoms with Crippen LogP contribution >= 0.6 is 0 Å². The average molecular weight is 410 g/mol. The quantitative estimate of drug-likeness (QED) is 0.835. The summed E-state index contributed by atoms with van der Waals surface area (Å²) in [5.41, 5.74) is 4.42. The Balaban J connectivity index is 1.87. The highest BCUT2D eigenvalue weighted by Gasteiger charge is 2.22. The van der Waals surface area contributed by atoms with Crippen molar-refractivity contribution in [3.8, 4) is 5.75 Å². The SMILES string of the molecule is COc1ccc(CC(=O)N2CCCN(C(C)C)CCNCc3cccc(C)c32)cc1. The third-order valence-electron chi connectivity index (χ3n) is 5.86. The Hall–Kier alpha value is -2.37. The van der Waals surface area contributed by atoms with Gasteiger partial charge in [0, 0.05) is 38.8 Å². The molecule has 2 aromatic carbocycles. The summed E-state index contributed by atoms with van der Waals surface area (Å²) in [7, 11) is 1.66. The van der Waals surface area contributed by atoms with Gasteiger partial charge in [-0.2, -0.15) is 0 Å². The molecule has 5 nitrogen and oxygen atoms in total. The number of methoxy groups -OCH3 is 1. The fourth-order valence-corrected chi connectivity index (χ4v) is 4.13. The number of nitrogens with zero attached hydrogens (tertiary/aromatic N) is 2. The van der Waals surface area contributed by atoms with E-state index in [2.05, 4.69) is 49.2 Å². The van der Waals surface area contributed by atoms with Gasteiger partial charge in [-0.25, -0.2) is 0 Å². The molecular formula is C25H35N3O2. The third-order valence-corrected chi connectivity index (χ3v) is 5.86. The first-order chi connectivity index (χ1) is 14.5. The van der Waals surface area contributed by atoms with E-state index in [0.717, 1.165) is 61.7 Å². The maximum atomic E-state index is 13.5. The fourth-order valence-electron chi connectivity index (χ4n) is 4.13. The second-order valence-corrected chi connectivity index (χ2v) is 8.31. The number of aryl methyl sites for hydroxylation is 1. The molecule has 30 heavy (non-hydrogen) atoms. The first-order valence-corrected chi connectivity index (χ1v) is 11.0. The van der Waals surface area contributed by atoms with Gasteiger partial charge in [0.15, 0.2) is 0 Å². The third kappa shape index (κ3) is 5.61. The molecule has 0 radical (unpaired) electrons. The van der Waals surface area contributed by atoms with E-state index in [-0.39, 0.29) is 5.91 Å². The van der Waals surface area contributed by atoms with Gasteiger partial charge in [0.1, 0.15) is 5.75 Å². The number of carbonyl (C=O) groups is 1. The second kappa shape index (κ2) is 10.6. The maximum absolute atomic E-state index is 13.5. The molecule has 0 fully saturated rings. The number of amides is 1. The number of rotatable bonds is 4. The Kier molecular flexibility index (Phi) is 7.88. The van der Waals surface area contributed by atoms with Crippen molar-refractivity contribution in [1.29, 1.82) is 0 Å². The van der Waals surface area contributed by atoms with E-state index in [1.54, 1.807) is 7.11 Å². The van der Waals surface area contributed by atoms with Gasteiger partial charge in [-0.3, -0.25) is 9.69 Å². The molecule has 0 aliphatic carbocycles. The Labute approximate surface area is 181 Å². The number of para-hydroxylation sites is 1. The van der Waals surface area contributed by atoms with E-state index in [1.807, 2.05) is 29.2 Å². The molecule has 2 aromatic rings. The topological polar surface area (TPSA) is 44.8 Å². The minimum Gasteiger partial charge on any atom is -0.497 e. The van der Waals surface area contributed by atoms with Crippen LogP contribution in [0, 0.1) is 6.92 Å². The number of hydrogen-bond acceptors (Lipinski definition) is 4. The molecule has 1 aliphatic rings. The van der Waals surface area contributed by atoms with Crippen molar-refractivity contribution in [2.45, 2.75) is 46.2 Å². The van der Waals surface area contributed by atoms with E-state index in [1.165, 1.54) is 5.56 Å². The normalized spacial score (nSPS) is 16.1. The second-order valence-electron chi connectivity index (χ2n) is 8.31. The van der Waals surface area contributed by atoms with Crippen LogP contribution in [0.4, 0.5) is 5.69 Å². The number of benzene rings is 2. The summed E-state index contributed by atoms with van der Waals surface area (Å²) >= 11 is 0. The first-order valence-electron chi connectivity index (χ1n) is 11.0. The predicted octanol–water partition coefficient (Wildman–Crippen LogP) is 3.78. The van der Waals surface area contributed by atoms with E-state index in [9.17, 15) is 4.79 Å². The zero-order valence-corrected chi connectivity index (χ0v) is 18.8. The van der Waals surface area contributed by atoms with Gasteiger partial charge in [-0.15, -0.1) is 0 Å². The summed E-state index contributed by atoms with van der Waals surface area (Å²) in [6.07, 6.45) is 1.35. The summed E-state index contributed by atoms with van der Waals surface area (Å²) in [5, 5.41) is 3.58. The molecule has 0 atom stereocenters. The van der Waals surface area contributed by atoms with E-state index >= 15 is 0 Å². The molecule has 1 heterocycles. The van der Waals surface area contributed by atoms with Crippen molar-refractivity contribution in [2.75, 3.05) is 38.2 Å². The largest absolute Gasteiger partial charge is 0.497 e. The number of carbonyl (C=O) groups excluding carboxylic acids is 1. The molecule has 0 aromatic heterocycles. The molecule has 0 spiro atoms. The van der Waals surface area contributed by atoms with Gasteiger partial charge < -0.3 is 15.0 Å². The summed E-state index contributed by atoms with van der Waals surface area (Å²) < 4.78 is 5.24. The van der Waals surface area contributed by atoms with Crippen LogP contribution in [0.15, 0.2) is 42.5 Å². The Morgan fingerprint density at radius 2 is 1.87 bits per heavy atom. The lowest BCUT2D eigenvalue weighted by Crippen LogP contribution is -2.39. The molecule has 3 rings (SSSR count). The molecule has 5 heteroatoms. The summed E-state index contributed by atoms with van der Waals surface area (Å²) in [6, 6.07) is 14.6. The molecule has 0 bridgehead atoms. The van der Waals surface area contributed by atoms with Crippen LogP contribution in [0.1, 0.15) is 37.0 Å². The van der Waals surface area contributed by atoms with Crippen LogP contribution < -0.4 is 15.0 Å². The van der Waals surface area contributed by atoms with Gasteiger partial charge in [0.2, 0.25) is 5.91 Å². The lowest BCUT2D eigenvalue weighted by molar-refractivity contribution is -0.118. The van der Waals surface area contributed by atoms with E-state index < -0.39 is 0 Å². The predicted molar refractivity (Wildman–Crippen MR) is 123 cm³/mol. The standard InChI is InChI=1S/C25H35N3O2/c1-19(2)27-14-6-15-28(24(29)17-21-9-11-23(30-4)12-10-21)25-20(3)7-5-8-22(25)18-26-13-16-27/h5,7-12,19,26H,6,13-18H2,1-4H3. The molecule has 1 aliphatic heterocycles. The number of ether oxygens (including phenoxy) is 1. The van der Waals surface area contributed by atoms with Crippen molar-refractivity contribution in [2.24, 2.45) is 0 Å². The maximum Gasteiger partial charge on any atom is 0.231 e. The van der Waals surface area contributed by atoms with E-state index in [4.69, 9.17) is 4.74 Å². The first kappa shape index (κ1) is 22.3. The smallest absolute Gasteiger partial charge is 0.231 e. The summed E-state index contributed by atoms with van der Waals surface area (Å²) in [6.45, 7) is 11.1. The molecule has 0 unspecified atom stereocenters. The lowest BCUT2D eigenvalue weighted by Gasteiger charge is -2.29. The van der Waals surface area contributed by atoms with Gasteiger partial charge in [-0.1, -0.05) is 30.3 Å². The highest BCUT2D eigenvalue weighted by Crippen LogP contribution is 2.27. The number of anilines is 1. The lowest BCUT2D eigenvalue weighted by atomic mass is 10.0. The van der Waals surface area contributed by atoms with Crippen LogP contribution in [0.5, 0.6) is 5.75 Å². The molecule has 162 valence electrons. The Morgan fingerprint density at radius 3 is 2.57 bits per heavy atom. The van der Waals surface area contributed by atoms with E-state index in [0.29, 0.717) is 12.5 Å². The van der Waals surface area contributed by atoms with Gasteiger partial charge >= 0.3 is 0 Å². The number of nitrogens with one attached hydrogen (secondary N) is 1. The molecule has 1 amide bonds. The fraction of sp³-hybridized carbons (Fsp3) is 0.480. The minimum atomic E-state index is 0.145. The van der Waals surface area contributed by atoms with Crippen LogP contribution in [0.2, 0.25) is 0 Å². The number of fused-ring (bicyclic) bond motifs is 1. The Bertz CT molecular complexity index is 833. The van der Waals surface area contributed by atoms with Gasteiger partial charge in [0.25, 0.3) is 0 Å². The van der Waals surface area contributed by atoms with Crippen molar-refractivity contribution >= 4 is 11.6 Å². The summed E-state index contributed by atoms with van der Waals surface area (Å²) in [5.74, 6) is 0.952. The van der Waals surface area contributed by atoms with Gasteiger partial charge in [-0.05, 0) is 56.0 Å². The Morgan fingerprint density at radius 1 is 1.10 bits per heavy atom. The van der Waals surface area contributed by atoms with Crippen molar-refractivity contribution in [1.82, 2.24) is 10.2 Å². The average Bonchev–Trinajstić information content (AvgIpc) is 2.77. The molecule has 1 N–H and O–H groups in total. The summed E-state index contributed by atoms with van der Waals surface area (Å²) in [4.78, 5) is 18.0. The van der Waals surface area contributed by atoms with Crippen LogP contribution in [0.3, 0.4) is 0 Å². The highest BCUT2D eigenvalue weighted by molar-refractivity contribution is 5.96. The number of hydrogen-bond donors (Lipinski definition) is 1. The zero-order chi connectivity index (χ0) is 21.5. The molecular weight excluding hydrogens is 374 g/mol. The molecule has 0 saturated carbocycles. The van der Waals surface area contributed by atoms with Crippen LogP contribution in [0.25, 0.3) is 0 Å². The van der Waals surface area contributed by atoms with Crippen LogP contribution in [-0.2, 0) is 17.8 Å². The zero-order valence-electron chi connectivity index (χ0n) is 18.8. The monoisotopic (exact) mass is 409 g/mol. The minimum absolute atomic E-state index is 0.145. The van der Waals surface area contributed by atoms with Crippen molar-refractivity contribution in [3.05, 3.63) is 59.2 Å². The van der Waals surface area contributed by atoms with Gasteiger partial charge in [0.05, 0.1) is 19.2 Å². The molecule has 0 saturated heterocycles. The van der Waals surface area contributed by atoms with Crippen LogP contribution in [-0.4, -0.2) is 50.1 Å². The van der Waals surface area contributed by atoms with Crippen molar-refractivity contribution in [3.63, 3.8) is 0 Å². The highest BCUT2D eigenvalue weighted by atomic mass is 16.5.